The fourth-order valence-corrected chi connectivity index (χ4v) is 2.37. The van der Waals surface area contributed by atoms with Crippen molar-refractivity contribution in [3.63, 3.8) is 0 Å². The first-order valence-electron chi connectivity index (χ1n) is 6.38. The van der Waals surface area contributed by atoms with Gasteiger partial charge in [-0.15, -0.1) is 0 Å². The molecular formula is C14H16F3NOS. The molecule has 2 nitrogen and oxygen atoms in total. The van der Waals surface area contributed by atoms with Crippen LogP contribution in [0.2, 0.25) is 0 Å². The van der Waals surface area contributed by atoms with Gasteiger partial charge in [0, 0.05) is 12.3 Å². The van der Waals surface area contributed by atoms with E-state index in [4.69, 9.17) is 4.74 Å². The van der Waals surface area contributed by atoms with Crippen LogP contribution in [-0.4, -0.2) is 31.0 Å². The van der Waals surface area contributed by atoms with Crippen LogP contribution in [-0.2, 0) is 0 Å². The Balaban J connectivity index is 1.81. The number of alkyl halides is 3. The summed E-state index contributed by atoms with van der Waals surface area (Å²) in [5, 5.41) is 3.25. The van der Waals surface area contributed by atoms with Crippen LogP contribution in [0.15, 0.2) is 30.3 Å². The maximum atomic E-state index is 11.9. The van der Waals surface area contributed by atoms with Crippen molar-refractivity contribution in [2.75, 3.05) is 25.4 Å². The monoisotopic (exact) mass is 303 g/mol. The van der Waals surface area contributed by atoms with Crippen molar-refractivity contribution in [1.82, 2.24) is 5.32 Å². The zero-order valence-corrected chi connectivity index (χ0v) is 11.7. The predicted molar refractivity (Wildman–Crippen MR) is 75.9 cm³/mol. The minimum atomic E-state index is -4.19. The van der Waals surface area contributed by atoms with Gasteiger partial charge in [0.2, 0.25) is 0 Å². The van der Waals surface area contributed by atoms with E-state index >= 15 is 0 Å². The Morgan fingerprint density at radius 3 is 2.55 bits per heavy atom. The number of halogens is 3. The first-order chi connectivity index (χ1) is 9.54. The van der Waals surface area contributed by atoms with Crippen LogP contribution in [0.1, 0.15) is 12.0 Å². The molecule has 0 atom stereocenters. The van der Waals surface area contributed by atoms with E-state index in [2.05, 4.69) is 11.4 Å². The smallest absolute Gasteiger partial charge is 0.441 e. The number of benzene rings is 1. The Morgan fingerprint density at radius 2 is 1.95 bits per heavy atom. The average Bonchev–Trinajstić information content (AvgIpc) is 2.44. The minimum Gasteiger partial charge on any atom is -0.493 e. The van der Waals surface area contributed by atoms with Gasteiger partial charge in [-0.2, -0.15) is 13.2 Å². The van der Waals surface area contributed by atoms with Gasteiger partial charge >= 0.3 is 5.51 Å². The third-order valence-corrected chi connectivity index (χ3v) is 3.60. The third-order valence-electron chi connectivity index (χ3n) is 2.91. The maximum Gasteiger partial charge on any atom is 0.441 e. The van der Waals surface area contributed by atoms with E-state index in [0.717, 1.165) is 25.1 Å². The van der Waals surface area contributed by atoms with Crippen LogP contribution in [0.5, 0.6) is 5.75 Å². The highest BCUT2D eigenvalue weighted by molar-refractivity contribution is 8.00. The van der Waals surface area contributed by atoms with Crippen molar-refractivity contribution in [3.05, 3.63) is 35.9 Å². The van der Waals surface area contributed by atoms with Crippen molar-refractivity contribution in [1.29, 1.82) is 0 Å². The molecule has 20 heavy (non-hydrogen) atoms. The maximum absolute atomic E-state index is 11.9. The van der Waals surface area contributed by atoms with Gasteiger partial charge in [0.15, 0.2) is 0 Å². The molecule has 0 radical (unpaired) electrons. The first kappa shape index (κ1) is 15.3. The lowest BCUT2D eigenvalue weighted by molar-refractivity contribution is -0.0329. The second-order valence-electron chi connectivity index (χ2n) is 4.35. The molecule has 0 spiro atoms. The molecule has 0 unspecified atom stereocenters. The molecule has 1 aromatic rings. The molecule has 110 valence electrons. The topological polar surface area (TPSA) is 21.3 Å². The van der Waals surface area contributed by atoms with Crippen LogP contribution in [0.25, 0.3) is 5.57 Å². The molecule has 0 saturated carbocycles. The Kier molecular flexibility index (Phi) is 5.37. The number of nitrogens with one attached hydrogen (secondary N) is 1. The van der Waals surface area contributed by atoms with Crippen molar-refractivity contribution < 1.29 is 17.9 Å². The second-order valence-corrected chi connectivity index (χ2v) is 5.51. The second kappa shape index (κ2) is 7.04. The van der Waals surface area contributed by atoms with Gasteiger partial charge in [-0.25, -0.2) is 0 Å². The molecule has 0 amide bonds. The summed E-state index contributed by atoms with van der Waals surface area (Å²) < 4.78 is 41.1. The number of ether oxygens (including phenoxy) is 1. The summed E-state index contributed by atoms with van der Waals surface area (Å²) in [6.07, 6.45) is 3.14. The van der Waals surface area contributed by atoms with Crippen molar-refractivity contribution in [3.8, 4) is 5.75 Å². The summed E-state index contributed by atoms with van der Waals surface area (Å²) in [6, 6.07) is 7.50. The van der Waals surface area contributed by atoms with Gasteiger partial charge in [-0.3, -0.25) is 0 Å². The van der Waals surface area contributed by atoms with E-state index in [1.54, 1.807) is 12.1 Å². The third kappa shape index (κ3) is 5.09. The van der Waals surface area contributed by atoms with Crippen molar-refractivity contribution >= 4 is 17.3 Å². The SMILES string of the molecule is FC(F)(F)SCCOc1ccc(C2=CCNCC2)cc1. The van der Waals surface area contributed by atoms with E-state index in [9.17, 15) is 13.2 Å². The lowest BCUT2D eigenvalue weighted by Crippen LogP contribution is -2.19. The summed E-state index contributed by atoms with van der Waals surface area (Å²) in [5.41, 5.74) is -1.75. The summed E-state index contributed by atoms with van der Waals surface area (Å²) in [7, 11) is 0. The number of thioether (sulfide) groups is 1. The van der Waals surface area contributed by atoms with Gasteiger partial charge < -0.3 is 10.1 Å². The van der Waals surface area contributed by atoms with Gasteiger partial charge in [0.1, 0.15) is 5.75 Å². The lowest BCUT2D eigenvalue weighted by atomic mass is 10.0. The van der Waals surface area contributed by atoms with Gasteiger partial charge in [-0.1, -0.05) is 18.2 Å². The number of rotatable bonds is 5. The molecule has 0 aliphatic carbocycles. The van der Waals surface area contributed by atoms with Crippen LogP contribution in [0, 0.1) is 0 Å². The zero-order valence-electron chi connectivity index (χ0n) is 10.9. The molecule has 2 rings (SSSR count). The fourth-order valence-electron chi connectivity index (χ4n) is 1.97. The van der Waals surface area contributed by atoms with Crippen LogP contribution in [0.3, 0.4) is 0 Å². The Labute approximate surface area is 120 Å². The zero-order chi connectivity index (χ0) is 14.4. The average molecular weight is 303 g/mol. The summed E-state index contributed by atoms with van der Waals surface area (Å²) in [6.45, 7) is 1.90. The Bertz CT molecular complexity index is 456. The minimum absolute atomic E-state index is 0.0517. The molecule has 6 heteroatoms. The quantitative estimate of drug-likeness (QED) is 0.838. The first-order valence-corrected chi connectivity index (χ1v) is 7.37. The highest BCUT2D eigenvalue weighted by Crippen LogP contribution is 2.30. The highest BCUT2D eigenvalue weighted by Gasteiger charge is 2.27. The standard InChI is InChI=1S/C14H16F3NOS/c15-14(16,17)20-10-9-19-13-3-1-11(2-4-13)12-5-7-18-8-6-12/h1-5,18H,6-10H2. The number of hydrogen-bond donors (Lipinski definition) is 1. The highest BCUT2D eigenvalue weighted by atomic mass is 32.2. The largest absolute Gasteiger partial charge is 0.493 e. The van der Waals surface area contributed by atoms with Crippen LogP contribution < -0.4 is 10.1 Å². The normalized spacial score (nSPS) is 15.8. The van der Waals surface area contributed by atoms with Crippen molar-refractivity contribution in [2.45, 2.75) is 11.9 Å². The lowest BCUT2D eigenvalue weighted by Gasteiger charge is -2.14. The van der Waals surface area contributed by atoms with Gasteiger partial charge in [0.05, 0.1) is 6.61 Å². The molecule has 1 aliphatic heterocycles. The van der Waals surface area contributed by atoms with Crippen LogP contribution in [0.4, 0.5) is 13.2 Å². The molecular weight excluding hydrogens is 287 g/mol. The Hall–Kier alpha value is -1.14. The van der Waals surface area contributed by atoms with Crippen LogP contribution >= 0.6 is 11.8 Å². The molecule has 0 fully saturated rings. The summed E-state index contributed by atoms with van der Waals surface area (Å²) in [4.78, 5) is 0. The molecule has 0 saturated heterocycles. The Morgan fingerprint density at radius 1 is 1.20 bits per heavy atom. The van der Waals surface area contributed by atoms with E-state index in [0.29, 0.717) is 5.75 Å². The van der Waals surface area contributed by atoms with E-state index in [1.807, 2.05) is 12.1 Å². The predicted octanol–water partition coefficient (Wildman–Crippen LogP) is 3.70. The summed E-state index contributed by atoms with van der Waals surface area (Å²) in [5.74, 6) is 0.508. The summed E-state index contributed by atoms with van der Waals surface area (Å²) >= 11 is -0.0624. The fraction of sp³-hybridized carbons (Fsp3) is 0.429. The number of hydrogen-bond acceptors (Lipinski definition) is 3. The molecule has 1 aliphatic rings. The van der Waals surface area contributed by atoms with E-state index in [1.165, 1.54) is 5.57 Å². The molecule has 0 aromatic heterocycles. The molecule has 1 aromatic carbocycles. The molecule has 1 N–H and O–H groups in total. The molecule has 0 bridgehead atoms. The van der Waals surface area contributed by atoms with Gasteiger partial charge in [0.25, 0.3) is 0 Å². The van der Waals surface area contributed by atoms with Crippen molar-refractivity contribution in [2.24, 2.45) is 0 Å². The van der Waals surface area contributed by atoms with E-state index < -0.39 is 5.51 Å². The van der Waals surface area contributed by atoms with Gasteiger partial charge in [-0.05, 0) is 48.0 Å². The molecule has 1 heterocycles. The van der Waals surface area contributed by atoms with E-state index in [-0.39, 0.29) is 24.1 Å².